The molecule has 0 atom stereocenters. The Balaban J connectivity index is 0.000000172. The van der Waals surface area contributed by atoms with E-state index in [1.807, 2.05) is 37.1 Å². The van der Waals surface area contributed by atoms with Gasteiger partial charge >= 0.3 is 0 Å². The molecule has 226 valence electrons. The normalized spacial score (nSPS) is 14.3. The number of halogens is 1. The molecule has 0 radical (unpaired) electrons. The predicted octanol–water partition coefficient (Wildman–Crippen LogP) is 3.80. The van der Waals surface area contributed by atoms with Crippen LogP contribution >= 0.6 is 11.6 Å². The van der Waals surface area contributed by atoms with Crippen molar-refractivity contribution in [3.63, 3.8) is 0 Å². The van der Waals surface area contributed by atoms with E-state index in [4.69, 9.17) is 22.1 Å². The number of rotatable bonds is 7. The van der Waals surface area contributed by atoms with E-state index >= 15 is 0 Å². The van der Waals surface area contributed by atoms with E-state index < -0.39 is 0 Å². The maximum atomic E-state index is 13.0. The number of benzene rings is 2. The highest BCUT2D eigenvalue weighted by molar-refractivity contribution is 6.33. The molecule has 0 aliphatic carbocycles. The summed E-state index contributed by atoms with van der Waals surface area (Å²) in [6, 6.07) is 11.2. The number of aromatic nitrogens is 3. The maximum absolute atomic E-state index is 13.0. The van der Waals surface area contributed by atoms with E-state index in [2.05, 4.69) is 42.7 Å². The second-order valence-corrected chi connectivity index (χ2v) is 10.9. The van der Waals surface area contributed by atoms with Crippen LogP contribution in [-0.2, 0) is 20.0 Å². The van der Waals surface area contributed by atoms with Crippen LogP contribution in [0.25, 0.3) is 10.9 Å². The Morgan fingerprint density at radius 3 is 2.72 bits per heavy atom. The number of carbonyl (C=O) groups excluding carboxylic acids is 2. The summed E-state index contributed by atoms with van der Waals surface area (Å²) >= 11 is 5.97. The Kier molecular flexibility index (Phi) is 8.91. The van der Waals surface area contributed by atoms with Crippen molar-refractivity contribution in [1.82, 2.24) is 29.7 Å². The average Bonchev–Trinajstić information content (AvgIpc) is 3.72. The second-order valence-electron chi connectivity index (χ2n) is 10.5. The zero-order valence-corrected chi connectivity index (χ0v) is 25.7. The molecular weight excluding hydrogens is 568 g/mol. The van der Waals surface area contributed by atoms with Gasteiger partial charge in [-0.05, 0) is 26.0 Å². The number of nitrogens with two attached hydrogens (primary N) is 1. The largest absolute Gasteiger partial charge is 0.496 e. The van der Waals surface area contributed by atoms with Gasteiger partial charge < -0.3 is 35.1 Å². The standard InChI is InChI=1S/C17H18N4O.C14H19ClN4O2/c1-11-13(19-10-18-11)9-21-8-7-15-16(17(21)22)12-5-3-4-6-14(12)20(15)2;1-3-19-5-4-17-13(19)8-18-14(20)9-6-10(15)11(16)7-12(9)21-2/h3-6,10H,7-9H2,1-2H3,(H,18,19);6-7H,3-5,8,16H2,1-2H3,(H,18,20). The number of hydrogen-bond donors (Lipinski definition) is 3. The number of amidine groups is 1. The smallest absolute Gasteiger partial charge is 0.256 e. The zero-order valence-electron chi connectivity index (χ0n) is 24.9. The number of nitrogens with one attached hydrogen (secondary N) is 2. The van der Waals surface area contributed by atoms with Crippen LogP contribution in [-0.4, -0.2) is 81.8 Å². The topological polar surface area (TPSA) is 134 Å². The molecule has 0 unspecified atom stereocenters. The van der Waals surface area contributed by atoms with Gasteiger partial charge in [-0.25, -0.2) is 4.98 Å². The van der Waals surface area contributed by atoms with Gasteiger partial charge in [0.2, 0.25) is 0 Å². The van der Waals surface area contributed by atoms with Crippen LogP contribution in [0.3, 0.4) is 0 Å². The molecule has 2 aromatic heterocycles. The van der Waals surface area contributed by atoms with Crippen LogP contribution in [0.1, 0.15) is 44.7 Å². The van der Waals surface area contributed by atoms with Gasteiger partial charge in [0.1, 0.15) is 11.6 Å². The van der Waals surface area contributed by atoms with E-state index in [-0.39, 0.29) is 11.8 Å². The highest BCUT2D eigenvalue weighted by atomic mass is 35.5. The molecular formula is C31H37ClN8O3. The number of aromatic amines is 1. The molecule has 4 N–H and O–H groups in total. The van der Waals surface area contributed by atoms with Crippen molar-refractivity contribution in [3.8, 4) is 5.75 Å². The number of ether oxygens (including phenoxy) is 1. The number of carbonyl (C=O) groups is 2. The fraction of sp³-hybridized carbons (Fsp3) is 0.355. The number of aryl methyl sites for hydroxylation is 2. The lowest BCUT2D eigenvalue weighted by atomic mass is 10.0. The summed E-state index contributed by atoms with van der Waals surface area (Å²) in [6.07, 6.45) is 2.57. The fourth-order valence-electron chi connectivity index (χ4n) is 5.56. The maximum Gasteiger partial charge on any atom is 0.256 e. The Hall–Kier alpha value is -4.51. The summed E-state index contributed by atoms with van der Waals surface area (Å²) < 4.78 is 7.33. The number of para-hydroxylation sites is 1. The van der Waals surface area contributed by atoms with E-state index in [0.29, 0.717) is 35.1 Å². The first-order valence-corrected chi connectivity index (χ1v) is 14.6. The molecule has 0 spiro atoms. The Morgan fingerprint density at radius 2 is 2.00 bits per heavy atom. The number of imidazole rings is 1. The molecule has 43 heavy (non-hydrogen) atoms. The lowest BCUT2D eigenvalue weighted by molar-refractivity contribution is 0.0725. The lowest BCUT2D eigenvalue weighted by Crippen LogP contribution is -2.38. The molecule has 12 heteroatoms. The SMILES string of the molecule is CCN1CCN=C1CNC(=O)c1cc(Cl)c(N)cc1OC.Cc1[nH]cnc1CN1CCc2c(c3ccccc3n2C)C1=O. The number of fused-ring (bicyclic) bond motifs is 3. The third kappa shape index (κ3) is 6.03. The van der Waals surface area contributed by atoms with E-state index in [1.165, 1.54) is 13.2 Å². The van der Waals surface area contributed by atoms with Crippen LogP contribution in [0.4, 0.5) is 5.69 Å². The first-order chi connectivity index (χ1) is 20.7. The van der Waals surface area contributed by atoms with Crippen LogP contribution in [0.15, 0.2) is 47.7 Å². The summed E-state index contributed by atoms with van der Waals surface area (Å²) in [5.74, 6) is 1.14. The zero-order chi connectivity index (χ0) is 30.7. The van der Waals surface area contributed by atoms with Crippen molar-refractivity contribution in [1.29, 1.82) is 0 Å². The van der Waals surface area contributed by atoms with Crippen LogP contribution in [0.2, 0.25) is 5.02 Å². The quantitative estimate of drug-likeness (QED) is 0.275. The molecule has 2 aromatic carbocycles. The number of amides is 2. The molecule has 0 bridgehead atoms. The third-order valence-corrected chi connectivity index (χ3v) is 8.33. The highest BCUT2D eigenvalue weighted by Crippen LogP contribution is 2.31. The van der Waals surface area contributed by atoms with Crippen molar-refractivity contribution in [2.24, 2.45) is 12.0 Å². The van der Waals surface area contributed by atoms with Gasteiger partial charge in [0.25, 0.3) is 11.8 Å². The molecule has 0 saturated heterocycles. The molecule has 11 nitrogen and oxygen atoms in total. The fourth-order valence-corrected chi connectivity index (χ4v) is 5.73. The summed E-state index contributed by atoms with van der Waals surface area (Å²) in [6.45, 7) is 8.29. The monoisotopic (exact) mass is 604 g/mol. The van der Waals surface area contributed by atoms with Crippen molar-refractivity contribution in [3.05, 3.63) is 76.0 Å². The Bertz CT molecular complexity index is 1690. The van der Waals surface area contributed by atoms with Crippen molar-refractivity contribution in [2.75, 3.05) is 45.6 Å². The first kappa shape index (κ1) is 30.0. The van der Waals surface area contributed by atoms with Gasteiger partial charge in [-0.2, -0.15) is 0 Å². The number of methoxy groups -OCH3 is 1. The van der Waals surface area contributed by atoms with Gasteiger partial charge in [-0.3, -0.25) is 14.6 Å². The van der Waals surface area contributed by atoms with Crippen molar-refractivity contribution in [2.45, 2.75) is 26.8 Å². The van der Waals surface area contributed by atoms with Gasteiger partial charge in [-0.1, -0.05) is 29.8 Å². The molecule has 2 aliphatic heterocycles. The van der Waals surface area contributed by atoms with Gasteiger partial charge in [-0.15, -0.1) is 0 Å². The van der Waals surface area contributed by atoms with E-state index in [0.717, 1.165) is 72.0 Å². The number of hydrogen-bond acceptors (Lipinski definition) is 7. The van der Waals surface area contributed by atoms with Crippen LogP contribution in [0.5, 0.6) is 5.75 Å². The molecule has 2 aliphatic rings. The van der Waals surface area contributed by atoms with Crippen molar-refractivity contribution >= 4 is 45.8 Å². The molecule has 4 heterocycles. The molecule has 2 amide bonds. The number of H-pyrrole nitrogens is 1. The van der Waals surface area contributed by atoms with E-state index in [1.54, 1.807) is 12.4 Å². The number of anilines is 1. The third-order valence-electron chi connectivity index (χ3n) is 8.00. The molecule has 4 aromatic rings. The highest BCUT2D eigenvalue weighted by Gasteiger charge is 2.30. The van der Waals surface area contributed by atoms with Gasteiger partial charge in [0.15, 0.2) is 0 Å². The predicted molar refractivity (Wildman–Crippen MR) is 169 cm³/mol. The summed E-state index contributed by atoms with van der Waals surface area (Å²) in [5.41, 5.74) is 11.5. The Labute approximate surface area is 255 Å². The van der Waals surface area contributed by atoms with Crippen LogP contribution in [0, 0.1) is 6.92 Å². The second kappa shape index (κ2) is 12.8. The van der Waals surface area contributed by atoms with Gasteiger partial charge in [0.05, 0.1) is 60.6 Å². The number of nitrogens with zero attached hydrogens (tertiary/aromatic N) is 5. The molecule has 0 fully saturated rings. The first-order valence-electron chi connectivity index (χ1n) is 14.3. The summed E-state index contributed by atoms with van der Waals surface area (Å²) in [4.78, 5) is 41.0. The molecule has 6 rings (SSSR count). The van der Waals surface area contributed by atoms with E-state index in [9.17, 15) is 9.59 Å². The summed E-state index contributed by atoms with van der Waals surface area (Å²) in [5, 5.41) is 4.21. The lowest BCUT2D eigenvalue weighted by Gasteiger charge is -2.27. The number of likely N-dealkylation sites (N-methyl/N-ethyl adjacent to an activating group) is 1. The minimum absolute atomic E-state index is 0.112. The average molecular weight is 605 g/mol. The van der Waals surface area contributed by atoms with Crippen LogP contribution < -0.4 is 15.8 Å². The van der Waals surface area contributed by atoms with Crippen molar-refractivity contribution < 1.29 is 14.3 Å². The minimum Gasteiger partial charge on any atom is -0.496 e. The minimum atomic E-state index is -0.264. The van der Waals surface area contributed by atoms with Gasteiger partial charge in [0, 0.05) is 61.5 Å². The number of aliphatic imine (C=N–C) groups is 1. The molecule has 0 saturated carbocycles. The summed E-state index contributed by atoms with van der Waals surface area (Å²) in [7, 11) is 3.53. The Morgan fingerprint density at radius 1 is 1.21 bits per heavy atom. The number of nitrogen functional groups attached to an aromatic ring is 1.